The summed E-state index contributed by atoms with van der Waals surface area (Å²) < 4.78 is 45.2. The molecule has 2 N–H and O–H groups in total. The second kappa shape index (κ2) is 9.43. The number of alkyl halides is 3. The van der Waals surface area contributed by atoms with Crippen LogP contribution in [0.5, 0.6) is 5.88 Å². The van der Waals surface area contributed by atoms with Crippen molar-refractivity contribution in [1.82, 2.24) is 15.3 Å². The van der Waals surface area contributed by atoms with Gasteiger partial charge in [0.1, 0.15) is 5.69 Å². The standard InChI is InChI=1S/C23H22ClF3N4O2/c1-33-21-10-16(17(24)12-28-21)22(32)30-14-6-4-5-13(9-14)29-19-11-20(23(25,26)27)31-18-8-3-2-7-15(18)19/h2-3,7-8,10-14H,4-6,9H2,1H3,(H,29,31)(H,30,32)/t13-,14+/m0/s1. The maximum Gasteiger partial charge on any atom is 0.433 e. The predicted octanol–water partition coefficient (Wildman–Crippen LogP) is 5.46. The van der Waals surface area contributed by atoms with E-state index in [1.54, 1.807) is 24.3 Å². The number of carbonyl (C=O) groups is 1. The van der Waals surface area contributed by atoms with Crippen molar-refractivity contribution in [3.8, 4) is 5.88 Å². The third kappa shape index (κ3) is 5.30. The number of benzene rings is 1. The molecule has 3 aromatic rings. The summed E-state index contributed by atoms with van der Waals surface area (Å²) in [4.78, 5) is 20.5. The first kappa shape index (κ1) is 23.1. The van der Waals surface area contributed by atoms with E-state index >= 15 is 0 Å². The number of aromatic nitrogens is 2. The highest BCUT2D eigenvalue weighted by atomic mass is 35.5. The van der Waals surface area contributed by atoms with Gasteiger partial charge in [0.2, 0.25) is 5.88 Å². The number of ether oxygens (including phenoxy) is 1. The molecule has 1 fully saturated rings. The van der Waals surface area contributed by atoms with Gasteiger partial charge in [-0.1, -0.05) is 29.8 Å². The van der Waals surface area contributed by atoms with Gasteiger partial charge in [0.25, 0.3) is 5.91 Å². The third-order valence-electron chi connectivity index (χ3n) is 5.66. The first-order valence-corrected chi connectivity index (χ1v) is 10.9. The molecule has 174 valence electrons. The fourth-order valence-electron chi connectivity index (χ4n) is 4.08. The Bertz CT molecular complexity index is 1170. The van der Waals surface area contributed by atoms with Crippen molar-refractivity contribution < 1.29 is 22.7 Å². The van der Waals surface area contributed by atoms with Gasteiger partial charge < -0.3 is 15.4 Å². The SMILES string of the molecule is COc1cc(C(=O)N[C@@H]2CCC[C@H](Nc3cc(C(F)(F)F)nc4ccccc34)C2)c(Cl)cn1. The lowest BCUT2D eigenvalue weighted by Gasteiger charge is -2.31. The highest BCUT2D eigenvalue weighted by Gasteiger charge is 2.34. The van der Waals surface area contributed by atoms with Gasteiger partial charge in [0.15, 0.2) is 0 Å². The molecular formula is C23H22ClF3N4O2. The number of amides is 1. The molecule has 0 radical (unpaired) electrons. The number of fused-ring (bicyclic) bond motifs is 1. The number of rotatable bonds is 5. The number of pyridine rings is 2. The van der Waals surface area contributed by atoms with Gasteiger partial charge >= 0.3 is 6.18 Å². The number of methoxy groups -OCH3 is 1. The largest absolute Gasteiger partial charge is 0.481 e. The summed E-state index contributed by atoms with van der Waals surface area (Å²) in [5.74, 6) is -0.0714. The number of hydrogen-bond acceptors (Lipinski definition) is 5. The second-order valence-electron chi connectivity index (χ2n) is 7.95. The molecule has 6 nitrogen and oxygen atoms in total. The van der Waals surface area contributed by atoms with Crippen LogP contribution < -0.4 is 15.4 Å². The third-order valence-corrected chi connectivity index (χ3v) is 5.96. The molecule has 2 heterocycles. The zero-order valence-electron chi connectivity index (χ0n) is 17.7. The topological polar surface area (TPSA) is 76.1 Å². The monoisotopic (exact) mass is 478 g/mol. The minimum absolute atomic E-state index is 0.113. The van der Waals surface area contributed by atoms with E-state index in [0.29, 0.717) is 17.5 Å². The van der Waals surface area contributed by atoms with Crippen LogP contribution in [0.2, 0.25) is 5.02 Å². The van der Waals surface area contributed by atoms with Crippen LogP contribution in [0.4, 0.5) is 18.9 Å². The van der Waals surface area contributed by atoms with E-state index < -0.39 is 11.9 Å². The zero-order valence-corrected chi connectivity index (χ0v) is 18.5. The van der Waals surface area contributed by atoms with Gasteiger partial charge in [0.05, 0.1) is 29.4 Å². The fourth-order valence-corrected chi connectivity index (χ4v) is 4.27. The van der Waals surface area contributed by atoms with Crippen molar-refractivity contribution in [1.29, 1.82) is 0 Å². The molecule has 2 atom stereocenters. The van der Waals surface area contributed by atoms with E-state index in [1.165, 1.54) is 19.4 Å². The van der Waals surface area contributed by atoms with Crippen molar-refractivity contribution >= 4 is 34.1 Å². The molecule has 1 aromatic carbocycles. The molecule has 10 heteroatoms. The van der Waals surface area contributed by atoms with E-state index in [9.17, 15) is 18.0 Å². The normalized spacial score (nSPS) is 18.7. The van der Waals surface area contributed by atoms with Crippen molar-refractivity contribution in [3.05, 3.63) is 58.9 Å². The predicted molar refractivity (Wildman–Crippen MR) is 120 cm³/mol. The van der Waals surface area contributed by atoms with E-state index in [0.717, 1.165) is 25.3 Å². The Morgan fingerprint density at radius 1 is 1.18 bits per heavy atom. The molecule has 0 unspecified atom stereocenters. The molecule has 0 aliphatic heterocycles. The lowest BCUT2D eigenvalue weighted by atomic mass is 9.90. The van der Waals surface area contributed by atoms with Crippen LogP contribution in [0.25, 0.3) is 10.9 Å². The lowest BCUT2D eigenvalue weighted by molar-refractivity contribution is -0.140. The van der Waals surface area contributed by atoms with Crippen LogP contribution in [-0.4, -0.2) is 35.1 Å². The number of carbonyl (C=O) groups excluding carboxylic acids is 1. The quantitative estimate of drug-likeness (QED) is 0.509. The zero-order chi connectivity index (χ0) is 23.6. The lowest BCUT2D eigenvalue weighted by Crippen LogP contribution is -2.42. The summed E-state index contributed by atoms with van der Waals surface area (Å²) in [6.07, 6.45) is -0.292. The Kier molecular flexibility index (Phi) is 6.60. The van der Waals surface area contributed by atoms with Crippen molar-refractivity contribution in [2.24, 2.45) is 0 Å². The number of nitrogens with one attached hydrogen (secondary N) is 2. The summed E-state index contributed by atoms with van der Waals surface area (Å²) >= 11 is 6.12. The molecule has 33 heavy (non-hydrogen) atoms. The van der Waals surface area contributed by atoms with Gasteiger partial charge in [-0.05, 0) is 37.8 Å². The summed E-state index contributed by atoms with van der Waals surface area (Å²) in [5, 5.41) is 7.07. The summed E-state index contributed by atoms with van der Waals surface area (Å²) in [6.45, 7) is 0. The average Bonchev–Trinajstić information content (AvgIpc) is 2.79. The van der Waals surface area contributed by atoms with Crippen molar-refractivity contribution in [2.45, 2.75) is 43.9 Å². The number of halogens is 4. The Balaban J connectivity index is 1.51. The van der Waals surface area contributed by atoms with Gasteiger partial charge in [-0.2, -0.15) is 13.2 Å². The Morgan fingerprint density at radius 3 is 2.70 bits per heavy atom. The number of anilines is 1. The summed E-state index contributed by atoms with van der Waals surface area (Å²) in [5.41, 5.74) is -0.0252. The molecular weight excluding hydrogens is 457 g/mol. The Hall–Kier alpha value is -3.07. The van der Waals surface area contributed by atoms with Crippen molar-refractivity contribution in [3.63, 3.8) is 0 Å². The smallest absolute Gasteiger partial charge is 0.433 e. The van der Waals surface area contributed by atoms with Crippen LogP contribution in [0.15, 0.2) is 42.6 Å². The van der Waals surface area contributed by atoms with E-state index in [-0.39, 0.29) is 40.0 Å². The first-order chi connectivity index (χ1) is 15.7. The average molecular weight is 479 g/mol. The highest BCUT2D eigenvalue weighted by molar-refractivity contribution is 6.33. The number of nitrogens with zero attached hydrogens (tertiary/aromatic N) is 2. The molecule has 0 bridgehead atoms. The second-order valence-corrected chi connectivity index (χ2v) is 8.36. The number of para-hydroxylation sites is 1. The van der Waals surface area contributed by atoms with Gasteiger partial charge in [-0.25, -0.2) is 9.97 Å². The first-order valence-electron chi connectivity index (χ1n) is 10.5. The summed E-state index contributed by atoms with van der Waals surface area (Å²) in [7, 11) is 1.45. The van der Waals surface area contributed by atoms with Crippen LogP contribution in [0.1, 0.15) is 41.7 Å². The van der Waals surface area contributed by atoms with E-state index in [1.807, 2.05) is 0 Å². The fraction of sp³-hybridized carbons (Fsp3) is 0.348. The van der Waals surface area contributed by atoms with Crippen LogP contribution in [0, 0.1) is 0 Å². The minimum Gasteiger partial charge on any atom is -0.481 e. The maximum atomic E-state index is 13.4. The molecule has 1 amide bonds. The molecule has 1 saturated carbocycles. The van der Waals surface area contributed by atoms with E-state index in [4.69, 9.17) is 16.3 Å². The van der Waals surface area contributed by atoms with Crippen LogP contribution >= 0.6 is 11.6 Å². The summed E-state index contributed by atoms with van der Waals surface area (Å²) in [6, 6.07) is 8.97. The van der Waals surface area contributed by atoms with Gasteiger partial charge in [-0.15, -0.1) is 0 Å². The minimum atomic E-state index is -4.55. The Morgan fingerprint density at radius 2 is 1.94 bits per heavy atom. The maximum absolute atomic E-state index is 13.4. The molecule has 0 spiro atoms. The molecule has 2 aromatic heterocycles. The molecule has 1 aliphatic carbocycles. The molecule has 0 saturated heterocycles. The van der Waals surface area contributed by atoms with Crippen molar-refractivity contribution in [2.75, 3.05) is 12.4 Å². The highest BCUT2D eigenvalue weighted by Crippen LogP contribution is 2.34. The van der Waals surface area contributed by atoms with Crippen LogP contribution in [0.3, 0.4) is 0 Å². The van der Waals surface area contributed by atoms with E-state index in [2.05, 4.69) is 20.6 Å². The molecule has 1 aliphatic rings. The van der Waals surface area contributed by atoms with Crippen LogP contribution in [-0.2, 0) is 6.18 Å². The Labute approximate surface area is 193 Å². The number of hydrogen-bond donors (Lipinski definition) is 2. The van der Waals surface area contributed by atoms with Gasteiger partial charge in [-0.3, -0.25) is 4.79 Å². The molecule has 4 rings (SSSR count). The van der Waals surface area contributed by atoms with Gasteiger partial charge in [0, 0.05) is 29.2 Å².